The van der Waals surface area contributed by atoms with Gasteiger partial charge in [-0.25, -0.2) is 8.42 Å². The summed E-state index contributed by atoms with van der Waals surface area (Å²) in [5.74, 6) is -0.944. The predicted octanol–water partition coefficient (Wildman–Crippen LogP) is 1.46. The molecule has 1 aromatic rings. The van der Waals surface area contributed by atoms with E-state index in [1.165, 1.54) is 7.11 Å². The Morgan fingerprint density at radius 2 is 1.91 bits per heavy atom. The second kappa shape index (κ2) is 7.32. The van der Waals surface area contributed by atoms with Crippen LogP contribution in [-0.2, 0) is 19.6 Å². The van der Waals surface area contributed by atoms with Crippen molar-refractivity contribution in [2.45, 2.75) is 31.2 Å². The van der Waals surface area contributed by atoms with Crippen LogP contribution >= 0.6 is 0 Å². The van der Waals surface area contributed by atoms with Crippen LogP contribution in [0.25, 0.3) is 0 Å². The van der Waals surface area contributed by atoms with Gasteiger partial charge in [0.25, 0.3) is 5.69 Å². The van der Waals surface area contributed by atoms with Gasteiger partial charge in [0.1, 0.15) is 6.04 Å². The molecule has 0 saturated heterocycles. The summed E-state index contributed by atoms with van der Waals surface area (Å²) in [6, 6.07) is 3.39. The number of nitro groups is 1. The topological polar surface area (TPSA) is 116 Å². The molecule has 0 aliphatic heterocycles. The lowest BCUT2D eigenvalue weighted by Crippen LogP contribution is -2.45. The number of hydrogen-bond acceptors (Lipinski definition) is 6. The molecule has 122 valence electrons. The molecule has 0 heterocycles. The van der Waals surface area contributed by atoms with Gasteiger partial charge in [-0.1, -0.05) is 20.3 Å². The van der Waals surface area contributed by atoms with Gasteiger partial charge in [-0.15, -0.1) is 0 Å². The average Bonchev–Trinajstić information content (AvgIpc) is 2.51. The molecule has 0 amide bonds. The molecule has 0 aromatic heterocycles. The van der Waals surface area contributed by atoms with Gasteiger partial charge in [0, 0.05) is 12.1 Å². The monoisotopic (exact) mass is 330 g/mol. The number of sulfonamides is 1. The van der Waals surface area contributed by atoms with E-state index in [0.29, 0.717) is 6.42 Å². The number of nitrogens with one attached hydrogen (secondary N) is 1. The van der Waals surface area contributed by atoms with Crippen LogP contribution in [0.2, 0.25) is 0 Å². The first-order chi connectivity index (χ1) is 10.2. The van der Waals surface area contributed by atoms with E-state index in [0.717, 1.165) is 24.3 Å². The first-order valence-corrected chi connectivity index (χ1v) is 8.05. The zero-order chi connectivity index (χ0) is 16.9. The minimum Gasteiger partial charge on any atom is -0.468 e. The highest BCUT2D eigenvalue weighted by Crippen LogP contribution is 2.18. The van der Waals surface area contributed by atoms with Gasteiger partial charge in [0.15, 0.2) is 0 Å². The summed E-state index contributed by atoms with van der Waals surface area (Å²) in [5.41, 5.74) is -0.217. The van der Waals surface area contributed by atoms with Crippen molar-refractivity contribution in [2.24, 2.45) is 5.92 Å². The Morgan fingerprint density at radius 3 is 2.32 bits per heavy atom. The minimum absolute atomic E-state index is 0.157. The number of non-ortho nitro benzene ring substituents is 1. The zero-order valence-corrected chi connectivity index (χ0v) is 13.3. The van der Waals surface area contributed by atoms with Gasteiger partial charge in [-0.3, -0.25) is 14.9 Å². The molecule has 0 bridgehead atoms. The Labute approximate surface area is 128 Å². The Hall–Kier alpha value is -2.00. The molecule has 1 N–H and O–H groups in total. The molecule has 0 saturated carbocycles. The number of ether oxygens (including phenoxy) is 1. The molecule has 2 atom stereocenters. The quantitative estimate of drug-likeness (QED) is 0.460. The second-order valence-corrected chi connectivity index (χ2v) is 6.47. The van der Waals surface area contributed by atoms with Crippen molar-refractivity contribution in [3.05, 3.63) is 34.4 Å². The van der Waals surface area contributed by atoms with Crippen LogP contribution in [0.4, 0.5) is 5.69 Å². The second-order valence-electron chi connectivity index (χ2n) is 4.76. The number of carbonyl (C=O) groups is 1. The molecule has 0 spiro atoms. The van der Waals surface area contributed by atoms with Crippen LogP contribution in [0.3, 0.4) is 0 Å². The van der Waals surface area contributed by atoms with Gasteiger partial charge in [-0.2, -0.15) is 4.72 Å². The summed E-state index contributed by atoms with van der Waals surface area (Å²) in [6.07, 6.45) is 0.572. The molecule has 0 fully saturated rings. The lowest BCUT2D eigenvalue weighted by molar-refractivity contribution is -0.384. The Kier molecular flexibility index (Phi) is 6.01. The predicted molar refractivity (Wildman–Crippen MR) is 78.7 cm³/mol. The maximum atomic E-state index is 12.3. The molecular formula is C13H18N2O6S. The van der Waals surface area contributed by atoms with Crippen LogP contribution < -0.4 is 4.72 Å². The van der Waals surface area contributed by atoms with Crippen LogP contribution in [-0.4, -0.2) is 32.5 Å². The number of rotatable bonds is 7. The fraction of sp³-hybridized carbons (Fsp3) is 0.462. The summed E-state index contributed by atoms with van der Waals surface area (Å²) in [4.78, 5) is 21.5. The van der Waals surface area contributed by atoms with Crippen molar-refractivity contribution in [2.75, 3.05) is 7.11 Å². The first-order valence-electron chi connectivity index (χ1n) is 6.57. The molecule has 0 radical (unpaired) electrons. The van der Waals surface area contributed by atoms with Crippen LogP contribution in [0.1, 0.15) is 20.3 Å². The van der Waals surface area contributed by atoms with Crippen molar-refractivity contribution >= 4 is 21.7 Å². The fourth-order valence-corrected chi connectivity index (χ4v) is 3.03. The fourth-order valence-electron chi connectivity index (χ4n) is 1.74. The number of methoxy groups -OCH3 is 1. The van der Waals surface area contributed by atoms with E-state index in [1.54, 1.807) is 6.92 Å². The molecule has 1 rings (SSSR count). The lowest BCUT2D eigenvalue weighted by atomic mass is 10.0. The van der Waals surface area contributed by atoms with Gasteiger partial charge in [-0.05, 0) is 18.1 Å². The maximum Gasteiger partial charge on any atom is 0.324 e. The Bertz CT molecular complexity index is 641. The largest absolute Gasteiger partial charge is 0.468 e. The van der Waals surface area contributed by atoms with Gasteiger partial charge >= 0.3 is 5.97 Å². The van der Waals surface area contributed by atoms with E-state index in [-0.39, 0.29) is 16.5 Å². The van der Waals surface area contributed by atoms with Crippen molar-refractivity contribution < 1.29 is 22.9 Å². The zero-order valence-electron chi connectivity index (χ0n) is 12.5. The van der Waals surface area contributed by atoms with Crippen molar-refractivity contribution in [1.29, 1.82) is 0 Å². The van der Waals surface area contributed by atoms with Crippen molar-refractivity contribution in [3.8, 4) is 0 Å². The molecule has 0 unspecified atom stereocenters. The van der Waals surface area contributed by atoms with E-state index in [4.69, 9.17) is 0 Å². The van der Waals surface area contributed by atoms with E-state index < -0.39 is 27.0 Å². The summed E-state index contributed by atoms with van der Waals surface area (Å²) < 4.78 is 31.5. The van der Waals surface area contributed by atoms with Gasteiger partial charge in [0.05, 0.1) is 16.9 Å². The third-order valence-corrected chi connectivity index (χ3v) is 4.77. The van der Waals surface area contributed by atoms with E-state index in [9.17, 15) is 23.3 Å². The number of hydrogen-bond donors (Lipinski definition) is 1. The van der Waals surface area contributed by atoms with Crippen LogP contribution in [0.5, 0.6) is 0 Å². The number of carbonyl (C=O) groups excluding carboxylic acids is 1. The molecule has 0 aliphatic rings. The van der Waals surface area contributed by atoms with Gasteiger partial charge in [0.2, 0.25) is 10.0 Å². The smallest absolute Gasteiger partial charge is 0.324 e. The average molecular weight is 330 g/mol. The lowest BCUT2D eigenvalue weighted by Gasteiger charge is -2.21. The van der Waals surface area contributed by atoms with Crippen molar-refractivity contribution in [3.63, 3.8) is 0 Å². The Morgan fingerprint density at radius 1 is 1.36 bits per heavy atom. The highest BCUT2D eigenvalue weighted by atomic mass is 32.2. The summed E-state index contributed by atoms with van der Waals surface area (Å²) >= 11 is 0. The molecule has 9 heteroatoms. The Balaban J connectivity index is 3.06. The molecule has 22 heavy (non-hydrogen) atoms. The molecule has 8 nitrogen and oxygen atoms in total. The van der Waals surface area contributed by atoms with E-state index >= 15 is 0 Å². The number of nitro benzene ring substituents is 1. The molecule has 0 aliphatic carbocycles. The number of esters is 1. The minimum atomic E-state index is -3.99. The molecular weight excluding hydrogens is 312 g/mol. The third-order valence-electron chi connectivity index (χ3n) is 3.31. The van der Waals surface area contributed by atoms with Crippen LogP contribution in [0, 0.1) is 16.0 Å². The maximum absolute atomic E-state index is 12.3. The highest BCUT2D eigenvalue weighted by molar-refractivity contribution is 7.89. The highest BCUT2D eigenvalue weighted by Gasteiger charge is 2.30. The SMILES string of the molecule is CC[C@@H](C)[C@H](NS(=O)(=O)c1ccc([N+](=O)[O-])cc1)C(=O)OC. The summed E-state index contributed by atoms with van der Waals surface area (Å²) in [5, 5.41) is 10.6. The first kappa shape index (κ1) is 18.1. The van der Waals surface area contributed by atoms with E-state index in [1.807, 2.05) is 6.92 Å². The van der Waals surface area contributed by atoms with E-state index in [2.05, 4.69) is 9.46 Å². The van der Waals surface area contributed by atoms with Gasteiger partial charge < -0.3 is 4.74 Å². The molecule has 1 aromatic carbocycles. The summed E-state index contributed by atoms with van der Waals surface area (Å²) in [7, 11) is -2.81. The number of nitrogens with zero attached hydrogens (tertiary/aromatic N) is 1. The van der Waals surface area contributed by atoms with Crippen molar-refractivity contribution in [1.82, 2.24) is 4.72 Å². The third kappa shape index (κ3) is 4.25. The standard InChI is InChI=1S/C13H18N2O6S/c1-4-9(2)12(13(16)21-3)14-22(19,20)11-7-5-10(6-8-11)15(17)18/h5-9,12,14H,4H2,1-3H3/t9-,12+/m1/s1. The van der Waals surface area contributed by atoms with Crippen LogP contribution in [0.15, 0.2) is 29.2 Å². The normalized spacial score (nSPS) is 14.1. The summed E-state index contributed by atoms with van der Waals surface area (Å²) in [6.45, 7) is 3.54. The number of benzene rings is 1.